The van der Waals surface area contributed by atoms with Gasteiger partial charge in [-0.15, -0.1) is 5.10 Å². The molecule has 0 atom stereocenters. The van der Waals surface area contributed by atoms with E-state index in [1.54, 1.807) is 29.2 Å². The standard InChI is InChI=1S/C19H25N5O3/c25-12-4-7-17-14-24(22-21-17)13-15-8-10-23(11-9-15)19(27)20-18(26)16-5-2-1-3-6-16/h1-3,5-6,14-15,25H,4,7-13H2,(H,20,26,27). The molecule has 0 radical (unpaired) electrons. The number of nitrogens with zero attached hydrogens (tertiary/aromatic N) is 4. The second kappa shape index (κ2) is 9.27. The number of carbonyl (C=O) groups excluding carboxylic acids is 2. The summed E-state index contributed by atoms with van der Waals surface area (Å²) in [5.74, 6) is 0.0482. The van der Waals surface area contributed by atoms with Crippen LogP contribution in [0.3, 0.4) is 0 Å². The number of imide groups is 1. The predicted octanol–water partition coefficient (Wildman–Crippen LogP) is 1.46. The van der Waals surface area contributed by atoms with Crippen molar-refractivity contribution < 1.29 is 14.7 Å². The molecule has 0 aliphatic carbocycles. The minimum absolute atomic E-state index is 0.153. The highest BCUT2D eigenvalue weighted by Gasteiger charge is 2.24. The number of urea groups is 1. The van der Waals surface area contributed by atoms with Crippen LogP contribution in [-0.4, -0.2) is 56.6 Å². The normalized spacial score (nSPS) is 14.9. The van der Waals surface area contributed by atoms with Gasteiger partial charge in [0.25, 0.3) is 5.91 Å². The summed E-state index contributed by atoms with van der Waals surface area (Å²) < 4.78 is 1.84. The monoisotopic (exact) mass is 371 g/mol. The Labute approximate surface area is 158 Å². The van der Waals surface area contributed by atoms with E-state index in [0.717, 1.165) is 31.5 Å². The number of hydrogen-bond donors (Lipinski definition) is 2. The molecule has 0 bridgehead atoms. The molecule has 1 aliphatic rings. The van der Waals surface area contributed by atoms with Gasteiger partial charge in [0.2, 0.25) is 0 Å². The largest absolute Gasteiger partial charge is 0.396 e. The van der Waals surface area contributed by atoms with Crippen molar-refractivity contribution in [2.75, 3.05) is 19.7 Å². The SMILES string of the molecule is O=C(NC(=O)N1CCC(Cn2cc(CCCO)nn2)CC1)c1ccccc1. The summed E-state index contributed by atoms with van der Waals surface area (Å²) in [4.78, 5) is 26.1. The summed E-state index contributed by atoms with van der Waals surface area (Å²) in [5, 5.41) is 19.6. The van der Waals surface area contributed by atoms with E-state index in [1.165, 1.54) is 0 Å². The smallest absolute Gasteiger partial charge is 0.324 e. The Morgan fingerprint density at radius 1 is 1.19 bits per heavy atom. The molecule has 27 heavy (non-hydrogen) atoms. The lowest BCUT2D eigenvalue weighted by Crippen LogP contribution is -2.46. The molecule has 3 rings (SSSR count). The van der Waals surface area contributed by atoms with Crippen molar-refractivity contribution in [3.8, 4) is 0 Å². The van der Waals surface area contributed by atoms with Gasteiger partial charge in [0.1, 0.15) is 0 Å². The van der Waals surface area contributed by atoms with Gasteiger partial charge in [-0.1, -0.05) is 23.4 Å². The zero-order chi connectivity index (χ0) is 19.1. The van der Waals surface area contributed by atoms with Crippen LogP contribution in [0.5, 0.6) is 0 Å². The van der Waals surface area contributed by atoms with E-state index in [0.29, 0.717) is 31.0 Å². The Kier molecular flexibility index (Phi) is 6.54. The molecule has 1 aromatic carbocycles. The van der Waals surface area contributed by atoms with Gasteiger partial charge in [-0.2, -0.15) is 0 Å². The topological polar surface area (TPSA) is 100 Å². The first-order valence-corrected chi connectivity index (χ1v) is 9.31. The molecular weight excluding hydrogens is 346 g/mol. The maximum Gasteiger partial charge on any atom is 0.324 e. The first-order chi connectivity index (χ1) is 13.2. The van der Waals surface area contributed by atoms with E-state index in [9.17, 15) is 9.59 Å². The number of aliphatic hydroxyl groups is 1. The fourth-order valence-electron chi connectivity index (χ4n) is 3.22. The third kappa shape index (κ3) is 5.37. The lowest BCUT2D eigenvalue weighted by Gasteiger charge is -2.31. The zero-order valence-corrected chi connectivity index (χ0v) is 15.3. The molecule has 1 aromatic heterocycles. The number of rotatable bonds is 6. The lowest BCUT2D eigenvalue weighted by atomic mass is 9.97. The number of aryl methyl sites for hydroxylation is 1. The molecule has 1 saturated heterocycles. The number of amides is 3. The van der Waals surface area contributed by atoms with Crippen molar-refractivity contribution in [1.82, 2.24) is 25.2 Å². The minimum atomic E-state index is -0.374. The van der Waals surface area contributed by atoms with Gasteiger partial charge in [-0.3, -0.25) is 14.8 Å². The molecule has 2 N–H and O–H groups in total. The van der Waals surface area contributed by atoms with Crippen LogP contribution in [0.15, 0.2) is 36.5 Å². The molecule has 1 aliphatic heterocycles. The van der Waals surface area contributed by atoms with Crippen molar-refractivity contribution in [3.63, 3.8) is 0 Å². The molecule has 0 saturated carbocycles. The Bertz CT molecular complexity index is 754. The highest BCUT2D eigenvalue weighted by atomic mass is 16.3. The Morgan fingerprint density at radius 3 is 2.63 bits per heavy atom. The van der Waals surface area contributed by atoms with Gasteiger partial charge in [0.05, 0.1) is 5.69 Å². The summed E-state index contributed by atoms with van der Waals surface area (Å²) in [5.41, 5.74) is 1.37. The molecule has 144 valence electrons. The van der Waals surface area contributed by atoms with Crippen molar-refractivity contribution in [2.45, 2.75) is 32.2 Å². The average molecular weight is 371 g/mol. The van der Waals surface area contributed by atoms with E-state index >= 15 is 0 Å². The Hall–Kier alpha value is -2.74. The van der Waals surface area contributed by atoms with E-state index in [4.69, 9.17) is 5.11 Å². The van der Waals surface area contributed by atoms with Crippen molar-refractivity contribution in [2.24, 2.45) is 5.92 Å². The Balaban J connectivity index is 1.43. The van der Waals surface area contributed by atoms with Gasteiger partial charge >= 0.3 is 6.03 Å². The first-order valence-electron chi connectivity index (χ1n) is 9.31. The highest BCUT2D eigenvalue weighted by Crippen LogP contribution is 2.19. The number of benzene rings is 1. The number of aliphatic hydroxyl groups excluding tert-OH is 1. The third-order valence-corrected chi connectivity index (χ3v) is 4.78. The number of likely N-dealkylation sites (tertiary alicyclic amines) is 1. The summed E-state index contributed by atoms with van der Waals surface area (Å²) in [6.45, 7) is 2.15. The molecular formula is C19H25N5O3. The zero-order valence-electron chi connectivity index (χ0n) is 15.3. The van der Waals surface area contributed by atoms with Crippen LogP contribution in [0.2, 0.25) is 0 Å². The van der Waals surface area contributed by atoms with Crippen molar-refractivity contribution in [1.29, 1.82) is 0 Å². The molecule has 2 heterocycles. The third-order valence-electron chi connectivity index (χ3n) is 4.78. The van der Waals surface area contributed by atoms with E-state index in [-0.39, 0.29) is 18.5 Å². The van der Waals surface area contributed by atoms with E-state index in [2.05, 4.69) is 15.6 Å². The minimum Gasteiger partial charge on any atom is -0.396 e. The number of piperidine rings is 1. The molecule has 0 unspecified atom stereocenters. The highest BCUT2D eigenvalue weighted by molar-refractivity contribution is 6.04. The fourth-order valence-corrected chi connectivity index (χ4v) is 3.22. The molecule has 0 spiro atoms. The molecule has 2 aromatic rings. The second-order valence-electron chi connectivity index (χ2n) is 6.81. The van der Waals surface area contributed by atoms with Gasteiger partial charge in [-0.05, 0) is 43.7 Å². The second-order valence-corrected chi connectivity index (χ2v) is 6.81. The van der Waals surface area contributed by atoms with Crippen LogP contribution in [0.25, 0.3) is 0 Å². The van der Waals surface area contributed by atoms with Crippen LogP contribution in [-0.2, 0) is 13.0 Å². The van der Waals surface area contributed by atoms with Crippen LogP contribution in [0.4, 0.5) is 4.79 Å². The number of carbonyl (C=O) groups is 2. The summed E-state index contributed by atoms with van der Waals surface area (Å²) in [7, 11) is 0. The average Bonchev–Trinajstić information content (AvgIpc) is 3.14. The number of nitrogens with one attached hydrogen (secondary N) is 1. The molecule has 8 nitrogen and oxygen atoms in total. The fraction of sp³-hybridized carbons (Fsp3) is 0.474. The molecule has 1 fully saturated rings. The quantitative estimate of drug-likeness (QED) is 0.801. The maximum absolute atomic E-state index is 12.3. The van der Waals surface area contributed by atoms with Gasteiger partial charge < -0.3 is 10.0 Å². The van der Waals surface area contributed by atoms with Crippen LogP contribution in [0, 0.1) is 5.92 Å². The first kappa shape index (κ1) is 19.0. The van der Waals surface area contributed by atoms with Crippen LogP contribution >= 0.6 is 0 Å². The summed E-state index contributed by atoms with van der Waals surface area (Å²) >= 11 is 0. The summed E-state index contributed by atoms with van der Waals surface area (Å²) in [6, 6.07) is 8.39. The van der Waals surface area contributed by atoms with Gasteiger partial charge in [0.15, 0.2) is 0 Å². The maximum atomic E-state index is 12.3. The van der Waals surface area contributed by atoms with Crippen molar-refractivity contribution >= 4 is 11.9 Å². The number of aromatic nitrogens is 3. The van der Waals surface area contributed by atoms with Gasteiger partial charge in [-0.25, -0.2) is 4.79 Å². The summed E-state index contributed by atoms with van der Waals surface area (Å²) in [6.07, 6.45) is 5.06. The van der Waals surface area contributed by atoms with Crippen LogP contribution < -0.4 is 5.32 Å². The lowest BCUT2D eigenvalue weighted by molar-refractivity contribution is 0.0943. The Morgan fingerprint density at radius 2 is 1.93 bits per heavy atom. The predicted molar refractivity (Wildman–Crippen MR) is 99.0 cm³/mol. The molecule has 8 heteroatoms. The van der Waals surface area contributed by atoms with Gasteiger partial charge in [0, 0.05) is 38.0 Å². The van der Waals surface area contributed by atoms with E-state index < -0.39 is 0 Å². The number of hydrogen-bond acceptors (Lipinski definition) is 5. The molecule has 3 amide bonds. The van der Waals surface area contributed by atoms with Crippen LogP contribution in [0.1, 0.15) is 35.3 Å². The van der Waals surface area contributed by atoms with Crippen molar-refractivity contribution in [3.05, 3.63) is 47.8 Å². The van der Waals surface area contributed by atoms with E-state index in [1.807, 2.05) is 16.9 Å².